The normalized spacial score (nSPS) is 25.4. The SMILES string of the molecule is CC(C)CCC[C@@H](C)[C@H]1CC[C@H]2[C@@H]3CCC4C[C@@H](CCC=C(c5cc(Cl)c(OCc6ccccc6C(=O)O)c(C(=O)O)c5)c5cc(Cl)c(OCc6ccccc6C(=O)O)c(C(=O)O)c5)CC[C@]4(C)[C@H]3CC[C@]12C.[Na]. The molecule has 74 heavy (non-hydrogen) atoms. The summed E-state index contributed by atoms with van der Waals surface area (Å²) in [5.74, 6) is 0.679. The summed E-state index contributed by atoms with van der Waals surface area (Å²) in [5, 5.41) is 40.6. The number of hydrogen-bond donors (Lipinski definition) is 4. The minimum Gasteiger partial charge on any atom is -0.486 e. The van der Waals surface area contributed by atoms with Crippen molar-refractivity contribution in [1.29, 1.82) is 0 Å². The fraction of sp³-hybridized carbons (Fsp3) is 0.508. The number of carboxylic acids is 4. The summed E-state index contributed by atoms with van der Waals surface area (Å²) < 4.78 is 11.9. The van der Waals surface area contributed by atoms with Crippen LogP contribution in [0.3, 0.4) is 0 Å². The van der Waals surface area contributed by atoms with Crippen LogP contribution in [0.2, 0.25) is 10.0 Å². The van der Waals surface area contributed by atoms with Crippen molar-refractivity contribution in [3.8, 4) is 11.5 Å². The Bertz CT molecular complexity index is 2620. The van der Waals surface area contributed by atoms with Gasteiger partial charge in [0.2, 0.25) is 0 Å². The maximum absolute atomic E-state index is 13.0. The van der Waals surface area contributed by atoms with Gasteiger partial charge in [0.05, 0.1) is 21.2 Å². The van der Waals surface area contributed by atoms with Gasteiger partial charge in [-0.3, -0.25) is 0 Å². The minimum absolute atomic E-state index is 0. The van der Waals surface area contributed by atoms with E-state index >= 15 is 0 Å². The Morgan fingerprint density at radius 3 is 1.69 bits per heavy atom. The number of ether oxygens (including phenoxy) is 2. The molecular weight excluding hydrogens is 987 g/mol. The average molecular weight is 1060 g/mol. The van der Waals surface area contributed by atoms with Crippen LogP contribution in [-0.4, -0.2) is 73.9 Å². The largest absolute Gasteiger partial charge is 0.486 e. The molecule has 4 aliphatic carbocycles. The molecule has 0 aromatic heterocycles. The number of carbonyl (C=O) groups is 4. The number of aromatic carboxylic acids is 4. The monoisotopic (exact) mass is 1060 g/mol. The summed E-state index contributed by atoms with van der Waals surface area (Å²) in [7, 11) is 0. The van der Waals surface area contributed by atoms with Gasteiger partial charge < -0.3 is 29.9 Å². The summed E-state index contributed by atoms with van der Waals surface area (Å²) in [6.07, 6.45) is 19.1. The number of allylic oxidation sites excluding steroid dienone is 1. The van der Waals surface area contributed by atoms with Crippen molar-refractivity contribution in [1.82, 2.24) is 0 Å². The van der Waals surface area contributed by atoms with Gasteiger partial charge in [0.25, 0.3) is 0 Å². The maximum Gasteiger partial charge on any atom is 0.339 e. The van der Waals surface area contributed by atoms with E-state index in [4.69, 9.17) is 32.7 Å². The number of hydrogen-bond acceptors (Lipinski definition) is 6. The van der Waals surface area contributed by atoms with E-state index in [-0.39, 0.29) is 86.6 Å². The minimum atomic E-state index is -1.33. The van der Waals surface area contributed by atoms with Gasteiger partial charge in [-0.05, 0) is 182 Å². The van der Waals surface area contributed by atoms with Crippen LogP contribution in [0.15, 0.2) is 78.9 Å². The summed E-state index contributed by atoms with van der Waals surface area (Å²) >= 11 is 13.8. The quantitative estimate of drug-likeness (QED) is 0.0626. The number of benzene rings is 4. The van der Waals surface area contributed by atoms with Gasteiger partial charge in [0.1, 0.15) is 24.3 Å². The van der Waals surface area contributed by atoms with Crippen LogP contribution < -0.4 is 9.47 Å². The number of carboxylic acid groups (broad SMARTS) is 4. The topological polar surface area (TPSA) is 168 Å². The predicted molar refractivity (Wildman–Crippen MR) is 291 cm³/mol. The molecule has 0 amide bonds. The second kappa shape index (κ2) is 24.3. The van der Waals surface area contributed by atoms with Crippen LogP contribution in [0.1, 0.15) is 188 Å². The van der Waals surface area contributed by atoms with Crippen molar-refractivity contribution in [3.05, 3.63) is 133 Å². The van der Waals surface area contributed by atoms with Gasteiger partial charge in [-0.15, -0.1) is 0 Å². The molecule has 0 heterocycles. The molecule has 4 N–H and O–H groups in total. The molecule has 13 heteroatoms. The zero-order valence-electron chi connectivity index (χ0n) is 43.9. The fourth-order valence-corrected chi connectivity index (χ4v) is 15.2. The molecule has 0 saturated heterocycles. The standard InChI is InChI=1S/C61H72Cl2O10.Na/c1-35(2)12-10-13-36(3)49-22-23-50-46-21-20-42-28-37(24-26-60(42,4)51(46)25-27-61(49,50)5)14-11-19-43(40-29-47(58(68)69)54(52(62)31-40)72-33-38-15-6-8-17-44(38)56(64)65)41-30-48(59(70)71)55(53(63)32-41)73-34-39-16-7-9-18-45(39)57(66)67;/h6-9,15-19,29-32,35-37,42,46,49-51H,10-14,20-28,33-34H2,1-5H3,(H,64,65)(H,66,67)(H,68,69)(H,70,71);/t36-,37+,42?,46+,49-,50+,51+,60+,61-;/m1./s1. The molecule has 9 atom stereocenters. The van der Waals surface area contributed by atoms with E-state index in [0.717, 1.165) is 48.3 Å². The third kappa shape index (κ3) is 12.1. The predicted octanol–water partition coefficient (Wildman–Crippen LogP) is 15.5. The molecule has 1 radical (unpaired) electrons. The van der Waals surface area contributed by atoms with Gasteiger partial charge in [-0.25, -0.2) is 19.2 Å². The zero-order chi connectivity index (χ0) is 52.4. The van der Waals surface area contributed by atoms with E-state index in [0.29, 0.717) is 56.9 Å². The van der Waals surface area contributed by atoms with E-state index in [1.165, 1.54) is 94.9 Å². The second-order valence-corrected chi connectivity index (χ2v) is 23.6. The summed E-state index contributed by atoms with van der Waals surface area (Å²) in [6, 6.07) is 18.5. The molecule has 391 valence electrons. The molecule has 8 rings (SSSR count). The van der Waals surface area contributed by atoms with Crippen molar-refractivity contribution in [2.75, 3.05) is 0 Å². The fourth-order valence-electron chi connectivity index (χ4n) is 14.6. The van der Waals surface area contributed by atoms with Crippen molar-refractivity contribution in [3.63, 3.8) is 0 Å². The molecule has 0 bridgehead atoms. The number of rotatable bonds is 20. The van der Waals surface area contributed by atoms with Crippen LogP contribution in [-0.2, 0) is 13.2 Å². The second-order valence-electron chi connectivity index (χ2n) is 22.8. The Morgan fingerprint density at radius 1 is 0.649 bits per heavy atom. The van der Waals surface area contributed by atoms with Crippen molar-refractivity contribution >= 4 is 82.2 Å². The molecule has 4 fully saturated rings. The van der Waals surface area contributed by atoms with Crippen LogP contribution >= 0.6 is 23.2 Å². The molecule has 4 aliphatic rings. The first kappa shape index (κ1) is 57.4. The third-order valence-electron chi connectivity index (χ3n) is 18.3. The smallest absolute Gasteiger partial charge is 0.339 e. The van der Waals surface area contributed by atoms with Crippen LogP contribution in [0.4, 0.5) is 0 Å². The molecule has 4 aromatic rings. The van der Waals surface area contributed by atoms with E-state index in [1.807, 2.05) is 6.08 Å². The van der Waals surface area contributed by atoms with Gasteiger partial charge in [-0.2, -0.15) is 0 Å². The summed E-state index contributed by atoms with van der Waals surface area (Å²) in [6.45, 7) is 12.0. The molecule has 4 aromatic carbocycles. The van der Waals surface area contributed by atoms with Crippen molar-refractivity contribution in [2.45, 2.75) is 138 Å². The first-order valence-corrected chi connectivity index (χ1v) is 27.3. The number of halogens is 2. The van der Waals surface area contributed by atoms with E-state index in [1.54, 1.807) is 48.5 Å². The van der Waals surface area contributed by atoms with E-state index < -0.39 is 23.9 Å². The maximum atomic E-state index is 13.0. The Morgan fingerprint density at radius 2 is 1.16 bits per heavy atom. The zero-order valence-corrected chi connectivity index (χ0v) is 47.4. The van der Waals surface area contributed by atoms with Crippen LogP contribution in [0, 0.1) is 58.2 Å². The van der Waals surface area contributed by atoms with Crippen molar-refractivity contribution < 1.29 is 49.1 Å². The molecule has 0 aliphatic heterocycles. The van der Waals surface area contributed by atoms with Gasteiger partial charge in [0.15, 0.2) is 11.5 Å². The molecule has 0 spiro atoms. The van der Waals surface area contributed by atoms with Crippen molar-refractivity contribution in [2.24, 2.45) is 58.2 Å². The van der Waals surface area contributed by atoms with E-state index in [9.17, 15) is 39.6 Å². The van der Waals surface area contributed by atoms with Gasteiger partial charge in [-0.1, -0.05) is 120 Å². The molecule has 4 saturated carbocycles. The first-order valence-electron chi connectivity index (χ1n) is 26.5. The molecule has 10 nitrogen and oxygen atoms in total. The van der Waals surface area contributed by atoms with Crippen LogP contribution in [0.25, 0.3) is 5.57 Å². The Hall–Kier alpha value is -4.32. The van der Waals surface area contributed by atoms with E-state index in [2.05, 4.69) is 34.6 Å². The summed E-state index contributed by atoms with van der Waals surface area (Å²) in [4.78, 5) is 49.8. The number of fused-ring (bicyclic) bond motifs is 5. The van der Waals surface area contributed by atoms with Crippen LogP contribution in [0.5, 0.6) is 11.5 Å². The van der Waals surface area contributed by atoms with Gasteiger partial charge >= 0.3 is 23.9 Å². The third-order valence-corrected chi connectivity index (χ3v) is 18.9. The molecular formula is C61H72Cl2NaO10. The van der Waals surface area contributed by atoms with Gasteiger partial charge in [0, 0.05) is 40.7 Å². The first-order chi connectivity index (χ1) is 34.8. The Kier molecular flexibility index (Phi) is 18.9. The Labute approximate surface area is 468 Å². The Balaban J connectivity index is 0.00000800. The average Bonchev–Trinajstić information content (AvgIpc) is 3.71. The summed E-state index contributed by atoms with van der Waals surface area (Å²) in [5.41, 5.74) is 2.20. The molecule has 1 unspecified atom stereocenters.